The molecular weight excluding hydrogens is 459 g/mol. The highest BCUT2D eigenvalue weighted by molar-refractivity contribution is 5.99. The number of ether oxygens (including phenoxy) is 1. The van der Waals surface area contributed by atoms with Crippen LogP contribution >= 0.6 is 0 Å². The maximum absolute atomic E-state index is 14.3. The number of halogens is 1. The van der Waals surface area contributed by atoms with E-state index in [1.807, 2.05) is 43.3 Å². The largest absolute Gasteiger partial charge is 0.378 e. The molecule has 1 saturated heterocycles. The number of benzene rings is 2. The van der Waals surface area contributed by atoms with Crippen molar-refractivity contribution in [2.45, 2.75) is 13.0 Å². The molecule has 0 unspecified atom stereocenters. The van der Waals surface area contributed by atoms with Crippen molar-refractivity contribution in [1.29, 1.82) is 0 Å². The molecule has 36 heavy (non-hydrogen) atoms. The molecule has 3 aromatic heterocycles. The van der Waals surface area contributed by atoms with Crippen LogP contribution in [0.2, 0.25) is 0 Å². The summed E-state index contributed by atoms with van der Waals surface area (Å²) in [5.74, 6) is 0.0149. The molecular formula is C27H25FN6O2. The van der Waals surface area contributed by atoms with Crippen molar-refractivity contribution in [2.75, 3.05) is 36.5 Å². The summed E-state index contributed by atoms with van der Waals surface area (Å²) in [7, 11) is 0. The Morgan fingerprint density at radius 1 is 1.06 bits per heavy atom. The third kappa shape index (κ3) is 4.07. The monoisotopic (exact) mass is 484 g/mol. The molecule has 182 valence electrons. The van der Waals surface area contributed by atoms with Gasteiger partial charge in [0.1, 0.15) is 17.2 Å². The summed E-state index contributed by atoms with van der Waals surface area (Å²) in [6, 6.07) is 15.7. The molecule has 0 saturated carbocycles. The molecule has 1 atom stereocenters. The normalized spacial score (nSPS) is 14.9. The predicted octanol–water partition coefficient (Wildman–Crippen LogP) is 4.62. The zero-order chi connectivity index (χ0) is 24.6. The quantitative estimate of drug-likeness (QED) is 0.337. The van der Waals surface area contributed by atoms with Gasteiger partial charge in [0.2, 0.25) is 0 Å². The molecule has 1 aliphatic rings. The molecule has 0 amide bonds. The average molecular weight is 485 g/mol. The number of hydrogen-bond donors (Lipinski definition) is 3. The van der Waals surface area contributed by atoms with Gasteiger partial charge in [-0.2, -0.15) is 0 Å². The summed E-state index contributed by atoms with van der Waals surface area (Å²) in [4.78, 5) is 31.0. The SMILES string of the molecule is C[C@H](Nc1c(-c2nc3ccc(N4CCOCC4)cc3[nH]2)c(=O)[nH]c2ccc(F)cc12)c1ccccn1. The van der Waals surface area contributed by atoms with Crippen molar-refractivity contribution in [3.8, 4) is 11.4 Å². The molecule has 3 N–H and O–H groups in total. The smallest absolute Gasteiger partial charge is 0.261 e. The maximum Gasteiger partial charge on any atom is 0.261 e. The number of anilines is 2. The first-order valence-corrected chi connectivity index (χ1v) is 11.9. The number of pyridine rings is 2. The highest BCUT2D eigenvalue weighted by atomic mass is 19.1. The second-order valence-electron chi connectivity index (χ2n) is 8.90. The van der Waals surface area contributed by atoms with Crippen LogP contribution in [0.5, 0.6) is 0 Å². The van der Waals surface area contributed by atoms with Crippen molar-refractivity contribution in [3.05, 3.63) is 82.7 Å². The molecule has 1 fully saturated rings. The van der Waals surface area contributed by atoms with Crippen molar-refractivity contribution >= 4 is 33.3 Å². The fourth-order valence-corrected chi connectivity index (χ4v) is 4.70. The van der Waals surface area contributed by atoms with Gasteiger partial charge in [-0.3, -0.25) is 9.78 Å². The Morgan fingerprint density at radius 3 is 2.72 bits per heavy atom. The lowest BCUT2D eigenvalue weighted by Crippen LogP contribution is -2.36. The van der Waals surface area contributed by atoms with Gasteiger partial charge in [-0.1, -0.05) is 6.07 Å². The number of aromatic amines is 2. The first-order valence-electron chi connectivity index (χ1n) is 11.9. The molecule has 0 aliphatic carbocycles. The van der Waals surface area contributed by atoms with E-state index in [9.17, 15) is 9.18 Å². The van der Waals surface area contributed by atoms with E-state index < -0.39 is 5.82 Å². The van der Waals surface area contributed by atoms with Gasteiger partial charge in [-0.05, 0) is 55.5 Å². The molecule has 9 heteroatoms. The predicted molar refractivity (Wildman–Crippen MR) is 139 cm³/mol. The van der Waals surface area contributed by atoms with Crippen molar-refractivity contribution in [3.63, 3.8) is 0 Å². The van der Waals surface area contributed by atoms with Crippen LogP contribution in [-0.4, -0.2) is 46.2 Å². The van der Waals surface area contributed by atoms with Gasteiger partial charge in [0.15, 0.2) is 0 Å². The number of nitrogens with zero attached hydrogens (tertiary/aromatic N) is 3. The van der Waals surface area contributed by atoms with Gasteiger partial charge in [0, 0.05) is 30.4 Å². The number of rotatable bonds is 5. The first kappa shape index (κ1) is 22.2. The van der Waals surface area contributed by atoms with E-state index in [-0.39, 0.29) is 11.6 Å². The summed E-state index contributed by atoms with van der Waals surface area (Å²) >= 11 is 0. The zero-order valence-electron chi connectivity index (χ0n) is 19.7. The number of morpholine rings is 1. The van der Waals surface area contributed by atoms with Gasteiger partial charge < -0.3 is 24.9 Å². The van der Waals surface area contributed by atoms with E-state index in [4.69, 9.17) is 9.72 Å². The Labute approximate surface area is 206 Å². The van der Waals surface area contributed by atoms with Crippen molar-refractivity contribution in [1.82, 2.24) is 19.9 Å². The summed E-state index contributed by atoms with van der Waals surface area (Å²) in [6.45, 7) is 4.98. The molecule has 6 rings (SSSR count). The summed E-state index contributed by atoms with van der Waals surface area (Å²) in [6.07, 6.45) is 1.72. The lowest BCUT2D eigenvalue weighted by atomic mass is 10.1. The minimum atomic E-state index is -0.395. The Balaban J connectivity index is 1.49. The van der Waals surface area contributed by atoms with Crippen LogP contribution in [0.3, 0.4) is 0 Å². The van der Waals surface area contributed by atoms with Gasteiger partial charge in [0.25, 0.3) is 5.56 Å². The van der Waals surface area contributed by atoms with E-state index in [1.165, 1.54) is 12.1 Å². The molecule has 0 bridgehead atoms. The van der Waals surface area contributed by atoms with E-state index in [2.05, 4.69) is 25.2 Å². The van der Waals surface area contributed by atoms with E-state index in [0.717, 1.165) is 35.5 Å². The van der Waals surface area contributed by atoms with Gasteiger partial charge in [-0.15, -0.1) is 0 Å². The van der Waals surface area contributed by atoms with Crippen LogP contribution < -0.4 is 15.8 Å². The third-order valence-corrected chi connectivity index (χ3v) is 6.55. The summed E-state index contributed by atoms with van der Waals surface area (Å²) in [5, 5.41) is 3.97. The van der Waals surface area contributed by atoms with Crippen LogP contribution in [0.1, 0.15) is 18.7 Å². The van der Waals surface area contributed by atoms with Gasteiger partial charge >= 0.3 is 0 Å². The fraction of sp³-hybridized carbons (Fsp3) is 0.222. The highest BCUT2D eigenvalue weighted by Gasteiger charge is 2.21. The number of nitrogens with one attached hydrogen (secondary N) is 3. The van der Waals surface area contributed by atoms with E-state index >= 15 is 0 Å². The van der Waals surface area contributed by atoms with Crippen LogP contribution in [-0.2, 0) is 4.74 Å². The third-order valence-electron chi connectivity index (χ3n) is 6.55. The maximum atomic E-state index is 14.3. The first-order chi connectivity index (χ1) is 17.6. The molecule has 5 aromatic rings. The van der Waals surface area contributed by atoms with Crippen molar-refractivity contribution in [2.24, 2.45) is 0 Å². The molecule has 8 nitrogen and oxygen atoms in total. The second kappa shape index (κ2) is 9.09. The number of fused-ring (bicyclic) bond motifs is 2. The summed E-state index contributed by atoms with van der Waals surface area (Å²) < 4.78 is 19.8. The van der Waals surface area contributed by atoms with Gasteiger partial charge in [-0.25, -0.2) is 9.37 Å². The van der Waals surface area contributed by atoms with Crippen LogP contribution in [0.15, 0.2) is 65.6 Å². The Kier molecular flexibility index (Phi) is 5.61. The molecule has 2 aromatic carbocycles. The highest BCUT2D eigenvalue weighted by Crippen LogP contribution is 2.34. The number of imidazole rings is 1. The summed E-state index contributed by atoms with van der Waals surface area (Å²) in [5.41, 5.74) is 4.45. The Bertz CT molecular complexity index is 1610. The molecule has 0 spiro atoms. The average Bonchev–Trinajstić information content (AvgIpc) is 3.33. The Morgan fingerprint density at radius 2 is 1.92 bits per heavy atom. The topological polar surface area (TPSA) is 98.9 Å². The molecule has 1 aliphatic heterocycles. The minimum Gasteiger partial charge on any atom is -0.378 e. The number of aromatic nitrogens is 4. The standard InChI is InChI=1S/C27H25FN6O2/c1-16(20-4-2-3-9-29-20)30-25-19-14-17(28)5-7-21(19)33-27(35)24(25)26-31-22-8-6-18(15-23(22)32-26)34-10-12-36-13-11-34/h2-9,14-16H,10-13H2,1H3,(H,31,32)(H2,30,33,35)/t16-/m0/s1. The lowest BCUT2D eigenvalue weighted by Gasteiger charge is -2.28. The van der Waals surface area contributed by atoms with E-state index in [1.54, 1.807) is 12.3 Å². The molecule has 4 heterocycles. The van der Waals surface area contributed by atoms with Crippen LogP contribution in [0, 0.1) is 5.82 Å². The Hall–Kier alpha value is -4.24. The second-order valence-corrected chi connectivity index (χ2v) is 8.90. The molecule has 0 radical (unpaired) electrons. The van der Waals surface area contributed by atoms with Gasteiger partial charge in [0.05, 0.1) is 47.2 Å². The minimum absolute atomic E-state index is 0.240. The van der Waals surface area contributed by atoms with Crippen LogP contribution in [0.4, 0.5) is 15.8 Å². The van der Waals surface area contributed by atoms with E-state index in [0.29, 0.717) is 41.2 Å². The van der Waals surface area contributed by atoms with Crippen molar-refractivity contribution < 1.29 is 9.13 Å². The lowest BCUT2D eigenvalue weighted by molar-refractivity contribution is 0.122. The zero-order valence-corrected chi connectivity index (χ0v) is 19.7. The number of H-pyrrole nitrogens is 2. The van der Waals surface area contributed by atoms with Crippen LogP contribution in [0.25, 0.3) is 33.3 Å². The fourth-order valence-electron chi connectivity index (χ4n) is 4.70. The number of hydrogen-bond acceptors (Lipinski definition) is 6.